The molecule has 0 saturated heterocycles. The maximum atomic E-state index is 13.7. The van der Waals surface area contributed by atoms with E-state index in [4.69, 9.17) is 0 Å². The number of nitrogens with one attached hydrogen (secondary N) is 1. The third-order valence-electron chi connectivity index (χ3n) is 5.38. The molecule has 28 heavy (non-hydrogen) atoms. The zero-order valence-electron chi connectivity index (χ0n) is 15.7. The maximum Gasteiger partial charge on any atom is 0.251 e. The third kappa shape index (κ3) is 3.78. The lowest BCUT2D eigenvalue weighted by atomic mass is 9.91. The van der Waals surface area contributed by atoms with E-state index in [2.05, 4.69) is 20.4 Å². The number of halogens is 1. The van der Waals surface area contributed by atoms with Gasteiger partial charge in [0.05, 0.1) is 24.1 Å². The van der Waals surface area contributed by atoms with Gasteiger partial charge in [0.15, 0.2) is 0 Å². The van der Waals surface area contributed by atoms with Crippen molar-refractivity contribution in [3.8, 4) is 11.3 Å². The van der Waals surface area contributed by atoms with Gasteiger partial charge in [-0.2, -0.15) is 5.10 Å². The normalized spacial score (nSPS) is 19.4. The van der Waals surface area contributed by atoms with Gasteiger partial charge in [-0.05, 0) is 50.3 Å². The van der Waals surface area contributed by atoms with Gasteiger partial charge < -0.3 is 5.32 Å². The highest BCUT2D eigenvalue weighted by Gasteiger charge is 2.25. The minimum absolute atomic E-state index is 0.0986. The van der Waals surface area contributed by atoms with E-state index in [0.29, 0.717) is 17.2 Å². The Kier molecular flexibility index (Phi) is 5.14. The minimum Gasteiger partial charge on any atom is -0.349 e. The Hall–Kier alpha value is -3.09. The molecule has 2 aromatic heterocycles. The van der Waals surface area contributed by atoms with Gasteiger partial charge in [-0.25, -0.2) is 4.39 Å². The number of hydrogen-bond donors (Lipinski definition) is 1. The maximum absolute atomic E-state index is 13.7. The number of hydrogen-bond acceptors (Lipinski definition) is 4. The number of nitrogens with zero attached hydrogens (tertiary/aromatic N) is 4. The monoisotopic (exact) mass is 379 g/mol. The van der Waals surface area contributed by atoms with E-state index in [9.17, 15) is 9.18 Å². The van der Waals surface area contributed by atoms with E-state index in [1.54, 1.807) is 37.6 Å². The largest absolute Gasteiger partial charge is 0.349 e. The van der Waals surface area contributed by atoms with Gasteiger partial charge in [0, 0.05) is 35.8 Å². The predicted molar refractivity (Wildman–Crippen MR) is 103 cm³/mol. The molecule has 1 aromatic carbocycles. The van der Waals surface area contributed by atoms with Crippen LogP contribution in [-0.4, -0.2) is 31.7 Å². The molecule has 1 aliphatic carbocycles. The first kappa shape index (κ1) is 18.3. The lowest BCUT2D eigenvalue weighted by Gasteiger charge is -2.29. The van der Waals surface area contributed by atoms with Crippen LogP contribution in [-0.2, 0) is 0 Å². The topological polar surface area (TPSA) is 72.7 Å². The summed E-state index contributed by atoms with van der Waals surface area (Å²) in [6, 6.07) is 5.00. The first-order valence-corrected chi connectivity index (χ1v) is 9.48. The Morgan fingerprint density at radius 1 is 1.18 bits per heavy atom. The van der Waals surface area contributed by atoms with Crippen molar-refractivity contribution in [3.05, 3.63) is 66.1 Å². The van der Waals surface area contributed by atoms with Crippen molar-refractivity contribution in [2.24, 2.45) is 0 Å². The average molecular weight is 379 g/mol. The summed E-state index contributed by atoms with van der Waals surface area (Å²) in [6.07, 6.45) is 12.4. The van der Waals surface area contributed by atoms with Crippen LogP contribution in [0.1, 0.15) is 47.6 Å². The first-order valence-electron chi connectivity index (χ1n) is 9.48. The lowest BCUT2D eigenvalue weighted by Crippen LogP contribution is -2.38. The fourth-order valence-electron chi connectivity index (χ4n) is 3.72. The molecule has 1 aliphatic rings. The molecule has 4 rings (SSSR count). The SMILES string of the molecule is Cc1c(F)cccc1C(=O)NC1CCC(n2cc(-c3cnccn3)cn2)CC1. The van der Waals surface area contributed by atoms with Crippen molar-refractivity contribution < 1.29 is 9.18 Å². The standard InChI is InChI=1S/C21H22FN5O/c1-14-18(3-2-4-19(14)22)21(28)26-16-5-7-17(8-6-16)27-13-15(11-25-27)20-12-23-9-10-24-20/h2-4,9-13,16-17H,5-8H2,1H3,(H,26,28). The fourth-order valence-corrected chi connectivity index (χ4v) is 3.72. The van der Waals surface area contributed by atoms with E-state index >= 15 is 0 Å². The Balaban J connectivity index is 1.35. The van der Waals surface area contributed by atoms with E-state index in [-0.39, 0.29) is 17.8 Å². The highest BCUT2D eigenvalue weighted by atomic mass is 19.1. The quantitative estimate of drug-likeness (QED) is 0.750. The molecule has 1 amide bonds. The van der Waals surface area contributed by atoms with Crippen molar-refractivity contribution in [1.29, 1.82) is 0 Å². The zero-order valence-corrected chi connectivity index (χ0v) is 15.7. The van der Waals surface area contributed by atoms with Crippen molar-refractivity contribution in [2.75, 3.05) is 0 Å². The molecule has 7 heteroatoms. The number of rotatable bonds is 4. The van der Waals surface area contributed by atoms with Crippen LogP contribution >= 0.6 is 0 Å². The number of aromatic nitrogens is 4. The molecule has 6 nitrogen and oxygen atoms in total. The van der Waals surface area contributed by atoms with Crippen molar-refractivity contribution in [1.82, 2.24) is 25.1 Å². The third-order valence-corrected chi connectivity index (χ3v) is 5.38. The summed E-state index contributed by atoms with van der Waals surface area (Å²) in [5, 5.41) is 7.54. The average Bonchev–Trinajstić information content (AvgIpc) is 3.21. The number of carbonyl (C=O) groups is 1. The first-order chi connectivity index (χ1) is 13.6. The minimum atomic E-state index is -0.353. The van der Waals surface area contributed by atoms with E-state index in [1.807, 2.05) is 17.1 Å². The Morgan fingerprint density at radius 2 is 2.00 bits per heavy atom. The van der Waals surface area contributed by atoms with E-state index in [0.717, 1.165) is 36.9 Å². The van der Waals surface area contributed by atoms with Crippen LogP contribution in [0.25, 0.3) is 11.3 Å². The van der Waals surface area contributed by atoms with Gasteiger partial charge in [-0.15, -0.1) is 0 Å². The second kappa shape index (κ2) is 7.88. The second-order valence-corrected chi connectivity index (χ2v) is 7.19. The van der Waals surface area contributed by atoms with Gasteiger partial charge >= 0.3 is 0 Å². The van der Waals surface area contributed by atoms with Crippen molar-refractivity contribution in [3.63, 3.8) is 0 Å². The second-order valence-electron chi connectivity index (χ2n) is 7.19. The van der Waals surface area contributed by atoms with Crippen LogP contribution in [0.15, 0.2) is 49.2 Å². The van der Waals surface area contributed by atoms with Gasteiger partial charge in [-0.1, -0.05) is 6.07 Å². The molecular formula is C21H22FN5O. The number of carbonyl (C=O) groups excluding carboxylic acids is 1. The molecule has 144 valence electrons. The van der Waals surface area contributed by atoms with E-state index < -0.39 is 0 Å². The lowest BCUT2D eigenvalue weighted by molar-refractivity contribution is 0.0920. The fraction of sp³-hybridized carbons (Fsp3) is 0.333. The Bertz CT molecular complexity index is 964. The summed E-state index contributed by atoms with van der Waals surface area (Å²) < 4.78 is 15.7. The van der Waals surface area contributed by atoms with Gasteiger partial charge in [0.1, 0.15) is 5.82 Å². The summed E-state index contributed by atoms with van der Waals surface area (Å²) in [6.45, 7) is 1.63. The highest BCUT2D eigenvalue weighted by molar-refractivity contribution is 5.95. The van der Waals surface area contributed by atoms with Crippen molar-refractivity contribution >= 4 is 5.91 Å². The molecule has 0 aliphatic heterocycles. The van der Waals surface area contributed by atoms with Crippen LogP contribution in [0.4, 0.5) is 4.39 Å². The summed E-state index contributed by atoms with van der Waals surface area (Å²) in [4.78, 5) is 20.9. The molecule has 1 N–H and O–H groups in total. The van der Waals surface area contributed by atoms with Crippen molar-refractivity contribution in [2.45, 2.75) is 44.7 Å². The zero-order chi connectivity index (χ0) is 19.5. The van der Waals surface area contributed by atoms with Gasteiger partial charge in [-0.3, -0.25) is 19.4 Å². The molecule has 1 fully saturated rings. The summed E-state index contributed by atoms with van der Waals surface area (Å²) in [5.74, 6) is -0.557. The van der Waals surface area contributed by atoms with Crippen LogP contribution in [0.2, 0.25) is 0 Å². The highest BCUT2D eigenvalue weighted by Crippen LogP contribution is 2.29. The summed E-state index contributed by atoms with van der Waals surface area (Å²) >= 11 is 0. The molecular weight excluding hydrogens is 357 g/mol. The van der Waals surface area contributed by atoms with E-state index in [1.165, 1.54) is 6.07 Å². The molecule has 2 heterocycles. The molecule has 0 bridgehead atoms. The molecule has 1 saturated carbocycles. The van der Waals surface area contributed by atoms with Crippen LogP contribution < -0.4 is 5.32 Å². The Labute approximate surface area is 162 Å². The predicted octanol–water partition coefficient (Wildman–Crippen LogP) is 3.70. The molecule has 0 unspecified atom stereocenters. The number of amides is 1. The Morgan fingerprint density at radius 3 is 2.75 bits per heavy atom. The van der Waals surface area contributed by atoms with Crippen LogP contribution in [0.3, 0.4) is 0 Å². The van der Waals surface area contributed by atoms with Gasteiger partial charge in [0.25, 0.3) is 5.91 Å². The molecule has 0 atom stereocenters. The van der Waals surface area contributed by atoms with Crippen LogP contribution in [0, 0.1) is 12.7 Å². The molecule has 0 spiro atoms. The molecule has 3 aromatic rings. The van der Waals surface area contributed by atoms with Crippen LogP contribution in [0.5, 0.6) is 0 Å². The molecule has 0 radical (unpaired) electrons. The smallest absolute Gasteiger partial charge is 0.251 e. The van der Waals surface area contributed by atoms with Gasteiger partial charge in [0.2, 0.25) is 0 Å². The summed E-state index contributed by atoms with van der Waals surface area (Å²) in [7, 11) is 0. The summed E-state index contributed by atoms with van der Waals surface area (Å²) in [5.41, 5.74) is 2.55. The number of benzene rings is 1.